The van der Waals surface area contributed by atoms with E-state index in [0.29, 0.717) is 24.4 Å². The first-order valence-electron chi connectivity index (χ1n) is 6.48. The van der Waals surface area contributed by atoms with E-state index in [1.807, 2.05) is 43.7 Å². The van der Waals surface area contributed by atoms with Gasteiger partial charge in [0, 0.05) is 33.9 Å². The average Bonchev–Trinajstić information content (AvgIpc) is 2.82. The van der Waals surface area contributed by atoms with Crippen LogP contribution in [0.3, 0.4) is 0 Å². The van der Waals surface area contributed by atoms with E-state index in [-0.39, 0.29) is 0 Å². The van der Waals surface area contributed by atoms with Crippen LogP contribution in [0.1, 0.15) is 12.6 Å². The minimum Gasteiger partial charge on any atom is -0.354 e. The Kier molecular flexibility index (Phi) is 4.34. The monoisotopic (exact) mass is 276 g/mol. The van der Waals surface area contributed by atoms with Crippen molar-refractivity contribution in [3.63, 3.8) is 0 Å². The van der Waals surface area contributed by atoms with Gasteiger partial charge in [0.25, 0.3) is 0 Å². The SMILES string of the molecule is CCNc1nc(NCc2ccnn2C)nc(N(C)C)n1. The van der Waals surface area contributed by atoms with Gasteiger partial charge in [-0.3, -0.25) is 4.68 Å². The summed E-state index contributed by atoms with van der Waals surface area (Å²) >= 11 is 0. The maximum Gasteiger partial charge on any atom is 0.231 e. The summed E-state index contributed by atoms with van der Waals surface area (Å²) in [5, 5.41) is 10.4. The topological polar surface area (TPSA) is 83.8 Å². The molecule has 2 aromatic heterocycles. The maximum absolute atomic E-state index is 4.37. The fourth-order valence-corrected chi connectivity index (χ4v) is 1.63. The maximum atomic E-state index is 4.37. The Morgan fingerprint density at radius 3 is 2.40 bits per heavy atom. The van der Waals surface area contributed by atoms with Gasteiger partial charge in [-0.2, -0.15) is 20.1 Å². The van der Waals surface area contributed by atoms with Crippen molar-refractivity contribution in [1.29, 1.82) is 0 Å². The van der Waals surface area contributed by atoms with Gasteiger partial charge in [0.2, 0.25) is 17.8 Å². The zero-order valence-electron chi connectivity index (χ0n) is 12.3. The third kappa shape index (κ3) is 3.34. The Balaban J connectivity index is 2.15. The lowest BCUT2D eigenvalue weighted by molar-refractivity contribution is 0.718. The lowest BCUT2D eigenvalue weighted by atomic mass is 10.4. The van der Waals surface area contributed by atoms with Crippen LogP contribution in [0, 0.1) is 0 Å². The van der Waals surface area contributed by atoms with Crippen LogP contribution >= 0.6 is 0 Å². The number of nitrogens with one attached hydrogen (secondary N) is 2. The highest BCUT2D eigenvalue weighted by atomic mass is 15.3. The molecule has 0 spiro atoms. The number of hydrogen-bond acceptors (Lipinski definition) is 7. The van der Waals surface area contributed by atoms with Gasteiger partial charge in [0.15, 0.2) is 0 Å². The van der Waals surface area contributed by atoms with Gasteiger partial charge >= 0.3 is 0 Å². The summed E-state index contributed by atoms with van der Waals surface area (Å²) < 4.78 is 1.81. The second-order valence-electron chi connectivity index (χ2n) is 4.51. The van der Waals surface area contributed by atoms with E-state index in [2.05, 4.69) is 30.7 Å². The molecule has 2 N–H and O–H groups in total. The first kappa shape index (κ1) is 14.0. The molecule has 8 nitrogen and oxygen atoms in total. The molecular formula is C12H20N8. The van der Waals surface area contributed by atoms with E-state index in [4.69, 9.17) is 0 Å². The summed E-state index contributed by atoms with van der Waals surface area (Å²) in [6.45, 7) is 3.37. The Bertz CT molecular complexity index is 562. The van der Waals surface area contributed by atoms with Crippen LogP contribution in [0.15, 0.2) is 12.3 Å². The van der Waals surface area contributed by atoms with Crippen LogP contribution in [0.25, 0.3) is 0 Å². The summed E-state index contributed by atoms with van der Waals surface area (Å²) in [5.74, 6) is 1.73. The van der Waals surface area contributed by atoms with Crippen molar-refractivity contribution < 1.29 is 0 Å². The molecule has 0 aliphatic carbocycles. The largest absolute Gasteiger partial charge is 0.354 e. The van der Waals surface area contributed by atoms with E-state index < -0.39 is 0 Å². The van der Waals surface area contributed by atoms with E-state index in [0.717, 1.165) is 12.2 Å². The van der Waals surface area contributed by atoms with E-state index in [9.17, 15) is 0 Å². The zero-order chi connectivity index (χ0) is 14.5. The Morgan fingerprint density at radius 2 is 1.85 bits per heavy atom. The molecule has 0 aliphatic rings. The van der Waals surface area contributed by atoms with Gasteiger partial charge in [-0.1, -0.05) is 0 Å². The van der Waals surface area contributed by atoms with Crippen molar-refractivity contribution in [2.45, 2.75) is 13.5 Å². The van der Waals surface area contributed by atoms with Gasteiger partial charge in [0.05, 0.1) is 12.2 Å². The molecule has 0 unspecified atom stereocenters. The van der Waals surface area contributed by atoms with Gasteiger partial charge < -0.3 is 15.5 Å². The molecule has 0 bridgehead atoms. The predicted octanol–water partition coefficient (Wildman–Crippen LogP) is 0.715. The molecule has 20 heavy (non-hydrogen) atoms. The summed E-state index contributed by atoms with van der Waals surface area (Å²) in [4.78, 5) is 14.9. The molecular weight excluding hydrogens is 256 g/mol. The van der Waals surface area contributed by atoms with E-state index in [1.165, 1.54) is 0 Å². The number of rotatable bonds is 6. The predicted molar refractivity (Wildman–Crippen MR) is 78.9 cm³/mol. The van der Waals surface area contributed by atoms with Gasteiger partial charge in [-0.05, 0) is 13.0 Å². The molecule has 2 rings (SSSR count). The fraction of sp³-hybridized carbons (Fsp3) is 0.500. The van der Waals surface area contributed by atoms with Crippen LogP contribution < -0.4 is 15.5 Å². The molecule has 108 valence electrons. The zero-order valence-corrected chi connectivity index (χ0v) is 12.3. The third-order valence-corrected chi connectivity index (χ3v) is 2.71. The highest BCUT2D eigenvalue weighted by molar-refractivity contribution is 5.43. The second-order valence-corrected chi connectivity index (χ2v) is 4.51. The van der Waals surface area contributed by atoms with Crippen LogP contribution in [0.4, 0.5) is 17.8 Å². The summed E-state index contributed by atoms with van der Waals surface area (Å²) in [7, 11) is 5.70. The summed E-state index contributed by atoms with van der Waals surface area (Å²) in [6.07, 6.45) is 1.76. The molecule has 0 aliphatic heterocycles. The highest BCUT2D eigenvalue weighted by Gasteiger charge is 2.08. The van der Waals surface area contributed by atoms with Crippen molar-refractivity contribution in [1.82, 2.24) is 24.7 Å². The molecule has 2 aromatic rings. The molecule has 0 saturated heterocycles. The van der Waals surface area contributed by atoms with Gasteiger partial charge in [-0.15, -0.1) is 0 Å². The van der Waals surface area contributed by atoms with Crippen molar-refractivity contribution >= 4 is 17.8 Å². The van der Waals surface area contributed by atoms with Crippen LogP contribution in [-0.4, -0.2) is 45.4 Å². The van der Waals surface area contributed by atoms with Gasteiger partial charge in [0.1, 0.15) is 0 Å². The molecule has 2 heterocycles. The minimum absolute atomic E-state index is 0.542. The number of anilines is 3. The molecule has 0 atom stereocenters. The molecule has 0 saturated carbocycles. The highest BCUT2D eigenvalue weighted by Crippen LogP contribution is 2.12. The van der Waals surface area contributed by atoms with E-state index >= 15 is 0 Å². The van der Waals surface area contributed by atoms with Gasteiger partial charge in [-0.25, -0.2) is 0 Å². The molecule has 8 heteroatoms. The van der Waals surface area contributed by atoms with Crippen molar-refractivity contribution in [2.75, 3.05) is 36.2 Å². The number of aromatic nitrogens is 5. The van der Waals surface area contributed by atoms with Crippen molar-refractivity contribution in [2.24, 2.45) is 7.05 Å². The lowest BCUT2D eigenvalue weighted by Crippen LogP contribution is -2.17. The number of aryl methyl sites for hydroxylation is 1. The molecule has 0 amide bonds. The normalized spacial score (nSPS) is 10.4. The van der Waals surface area contributed by atoms with Crippen LogP contribution in [0.5, 0.6) is 0 Å². The average molecular weight is 276 g/mol. The molecule has 0 aromatic carbocycles. The first-order valence-corrected chi connectivity index (χ1v) is 6.48. The minimum atomic E-state index is 0.542. The molecule has 0 radical (unpaired) electrons. The first-order chi connectivity index (χ1) is 9.60. The Morgan fingerprint density at radius 1 is 1.15 bits per heavy atom. The number of hydrogen-bond donors (Lipinski definition) is 2. The fourth-order valence-electron chi connectivity index (χ4n) is 1.63. The summed E-state index contributed by atoms with van der Waals surface area (Å²) in [6, 6.07) is 1.95. The third-order valence-electron chi connectivity index (χ3n) is 2.71. The standard InChI is InChI=1S/C12H20N8/c1-5-13-10-16-11(18-12(17-10)19(2)3)14-8-9-6-7-15-20(9)4/h6-7H,5,8H2,1-4H3,(H2,13,14,16,17,18). The molecule has 0 fully saturated rings. The second kappa shape index (κ2) is 6.18. The Hall–Kier alpha value is -2.38. The smallest absolute Gasteiger partial charge is 0.231 e. The number of nitrogens with zero attached hydrogens (tertiary/aromatic N) is 6. The van der Waals surface area contributed by atoms with Crippen molar-refractivity contribution in [3.05, 3.63) is 18.0 Å². The summed E-state index contributed by atoms with van der Waals surface area (Å²) in [5.41, 5.74) is 1.06. The van der Waals surface area contributed by atoms with Crippen LogP contribution in [0.2, 0.25) is 0 Å². The lowest BCUT2D eigenvalue weighted by Gasteiger charge is -2.13. The van der Waals surface area contributed by atoms with E-state index in [1.54, 1.807) is 6.20 Å². The van der Waals surface area contributed by atoms with Crippen LogP contribution in [-0.2, 0) is 13.6 Å². The quantitative estimate of drug-likeness (QED) is 0.804. The van der Waals surface area contributed by atoms with Crippen molar-refractivity contribution in [3.8, 4) is 0 Å². The Labute approximate surface area is 118 Å².